The second kappa shape index (κ2) is 4.19. The minimum absolute atomic E-state index is 0.389. The van der Waals surface area contributed by atoms with E-state index >= 15 is 0 Å². The SMILES string of the molecule is S=c1nc(N=Cc2cccs2)c2cn[nH]c2[nH]1. The van der Waals surface area contributed by atoms with E-state index in [1.54, 1.807) is 23.7 Å². The summed E-state index contributed by atoms with van der Waals surface area (Å²) in [6.45, 7) is 0. The molecule has 0 fully saturated rings. The molecule has 0 saturated heterocycles. The van der Waals surface area contributed by atoms with Crippen molar-refractivity contribution in [2.75, 3.05) is 0 Å². The van der Waals surface area contributed by atoms with Crippen molar-refractivity contribution in [1.29, 1.82) is 0 Å². The van der Waals surface area contributed by atoms with E-state index < -0.39 is 0 Å². The van der Waals surface area contributed by atoms with E-state index in [-0.39, 0.29) is 0 Å². The Morgan fingerprint density at radius 1 is 1.47 bits per heavy atom. The molecule has 0 amide bonds. The summed E-state index contributed by atoms with van der Waals surface area (Å²) in [6, 6.07) is 3.97. The first kappa shape index (κ1) is 10.3. The molecule has 0 aromatic carbocycles. The van der Waals surface area contributed by atoms with Crippen molar-refractivity contribution < 1.29 is 0 Å². The molecular weight excluding hydrogens is 254 g/mol. The number of aromatic nitrogens is 4. The molecule has 2 N–H and O–H groups in total. The summed E-state index contributed by atoms with van der Waals surface area (Å²) in [5.74, 6) is 0.575. The fraction of sp³-hybridized carbons (Fsp3) is 0. The van der Waals surface area contributed by atoms with Crippen molar-refractivity contribution in [3.05, 3.63) is 33.4 Å². The van der Waals surface area contributed by atoms with E-state index in [1.807, 2.05) is 17.5 Å². The molecule has 0 aliphatic carbocycles. The minimum Gasteiger partial charge on any atom is -0.315 e. The summed E-state index contributed by atoms with van der Waals surface area (Å²) >= 11 is 6.64. The molecule has 0 atom stereocenters. The monoisotopic (exact) mass is 261 g/mol. The van der Waals surface area contributed by atoms with E-state index in [9.17, 15) is 0 Å². The van der Waals surface area contributed by atoms with Crippen LogP contribution in [0.1, 0.15) is 4.88 Å². The lowest BCUT2D eigenvalue weighted by molar-refractivity contribution is 1.08. The van der Waals surface area contributed by atoms with Gasteiger partial charge in [-0.15, -0.1) is 11.3 Å². The van der Waals surface area contributed by atoms with Gasteiger partial charge < -0.3 is 4.98 Å². The minimum atomic E-state index is 0.389. The van der Waals surface area contributed by atoms with E-state index in [0.717, 1.165) is 15.9 Å². The Balaban J connectivity index is 2.11. The van der Waals surface area contributed by atoms with Crippen LogP contribution in [0.2, 0.25) is 0 Å². The first-order valence-electron chi connectivity index (χ1n) is 4.84. The van der Waals surface area contributed by atoms with Gasteiger partial charge in [-0.2, -0.15) is 10.1 Å². The Kier molecular flexibility index (Phi) is 2.54. The molecule has 0 aliphatic rings. The average molecular weight is 261 g/mol. The maximum Gasteiger partial charge on any atom is 0.200 e. The van der Waals surface area contributed by atoms with Gasteiger partial charge >= 0.3 is 0 Å². The molecule has 0 saturated carbocycles. The first-order valence-corrected chi connectivity index (χ1v) is 6.13. The Morgan fingerprint density at radius 3 is 3.24 bits per heavy atom. The van der Waals surface area contributed by atoms with Crippen LogP contribution < -0.4 is 0 Å². The van der Waals surface area contributed by atoms with E-state index in [1.165, 1.54) is 0 Å². The maximum absolute atomic E-state index is 5.02. The van der Waals surface area contributed by atoms with Gasteiger partial charge in [0.05, 0.1) is 11.6 Å². The highest BCUT2D eigenvalue weighted by Crippen LogP contribution is 2.20. The molecule has 5 nitrogen and oxygen atoms in total. The molecule has 3 heterocycles. The third-order valence-corrected chi connectivity index (χ3v) is 3.18. The van der Waals surface area contributed by atoms with Crippen molar-refractivity contribution in [2.45, 2.75) is 0 Å². The smallest absolute Gasteiger partial charge is 0.200 e. The molecule has 17 heavy (non-hydrogen) atoms. The van der Waals surface area contributed by atoms with Crippen molar-refractivity contribution in [3.63, 3.8) is 0 Å². The summed E-state index contributed by atoms with van der Waals surface area (Å²) in [5, 5.41) is 9.57. The lowest BCUT2D eigenvalue weighted by atomic mass is 10.4. The number of aliphatic imine (C=N–C) groups is 1. The van der Waals surface area contributed by atoms with Gasteiger partial charge in [0.25, 0.3) is 0 Å². The molecular formula is C10H7N5S2. The number of hydrogen-bond donors (Lipinski definition) is 2. The van der Waals surface area contributed by atoms with Gasteiger partial charge in [0.2, 0.25) is 0 Å². The topological polar surface area (TPSA) is 69.7 Å². The number of H-pyrrole nitrogens is 2. The Morgan fingerprint density at radius 2 is 2.41 bits per heavy atom. The highest BCUT2D eigenvalue weighted by atomic mass is 32.1. The van der Waals surface area contributed by atoms with Crippen molar-refractivity contribution in [3.8, 4) is 0 Å². The largest absolute Gasteiger partial charge is 0.315 e. The fourth-order valence-electron chi connectivity index (χ4n) is 1.43. The fourth-order valence-corrected chi connectivity index (χ4v) is 2.20. The van der Waals surface area contributed by atoms with Gasteiger partial charge in [-0.25, -0.2) is 4.99 Å². The van der Waals surface area contributed by atoms with Crippen molar-refractivity contribution in [2.24, 2.45) is 4.99 Å². The number of rotatable bonds is 2. The van der Waals surface area contributed by atoms with Gasteiger partial charge in [0.1, 0.15) is 5.65 Å². The number of fused-ring (bicyclic) bond motifs is 1. The maximum atomic E-state index is 5.02. The van der Waals surface area contributed by atoms with Crippen LogP contribution in [-0.4, -0.2) is 26.4 Å². The summed E-state index contributed by atoms with van der Waals surface area (Å²) in [4.78, 5) is 12.5. The Hall–Kier alpha value is -1.86. The summed E-state index contributed by atoms with van der Waals surface area (Å²) in [5.41, 5.74) is 0.739. The third-order valence-electron chi connectivity index (χ3n) is 2.18. The first-order chi connectivity index (χ1) is 8.33. The lowest BCUT2D eigenvalue weighted by Crippen LogP contribution is -1.84. The molecule has 0 bridgehead atoms. The van der Waals surface area contributed by atoms with Crippen molar-refractivity contribution in [1.82, 2.24) is 20.2 Å². The highest BCUT2D eigenvalue weighted by Gasteiger charge is 2.03. The standard InChI is InChI=1S/C10H7N5S2/c16-10-13-8(7-5-12-15-9(7)14-10)11-4-6-2-1-3-17-6/h1-5H,(H2,12,13,14,15,16). The van der Waals surface area contributed by atoms with E-state index in [2.05, 4.69) is 25.2 Å². The van der Waals surface area contributed by atoms with Gasteiger partial charge in [-0.1, -0.05) is 6.07 Å². The van der Waals surface area contributed by atoms with Gasteiger partial charge in [-0.05, 0) is 23.7 Å². The molecule has 84 valence electrons. The normalized spacial score (nSPS) is 11.5. The summed E-state index contributed by atoms with van der Waals surface area (Å²) in [6.07, 6.45) is 3.45. The second-order valence-corrected chi connectivity index (χ2v) is 4.66. The molecule has 7 heteroatoms. The summed E-state index contributed by atoms with van der Waals surface area (Å²) < 4.78 is 0.389. The lowest BCUT2D eigenvalue weighted by Gasteiger charge is -1.94. The molecule has 0 spiro atoms. The van der Waals surface area contributed by atoms with Gasteiger partial charge in [0, 0.05) is 11.1 Å². The number of hydrogen-bond acceptors (Lipinski definition) is 5. The highest BCUT2D eigenvalue weighted by molar-refractivity contribution is 7.71. The molecule has 3 aromatic rings. The van der Waals surface area contributed by atoms with E-state index in [4.69, 9.17) is 12.2 Å². The van der Waals surface area contributed by atoms with Crippen LogP contribution in [0.25, 0.3) is 11.0 Å². The van der Waals surface area contributed by atoms with Crippen LogP contribution in [0, 0.1) is 4.77 Å². The van der Waals surface area contributed by atoms with Crippen LogP contribution in [0.3, 0.4) is 0 Å². The summed E-state index contributed by atoms with van der Waals surface area (Å²) in [7, 11) is 0. The zero-order valence-electron chi connectivity index (χ0n) is 8.54. The predicted octanol–water partition coefficient (Wildman–Crippen LogP) is 2.83. The van der Waals surface area contributed by atoms with Crippen LogP contribution in [0.5, 0.6) is 0 Å². The zero-order chi connectivity index (χ0) is 11.7. The molecule has 3 aromatic heterocycles. The van der Waals surface area contributed by atoms with Crippen LogP contribution in [0.4, 0.5) is 5.82 Å². The number of aromatic amines is 2. The Labute approximate surface area is 105 Å². The quantitative estimate of drug-likeness (QED) is 0.550. The van der Waals surface area contributed by atoms with E-state index in [0.29, 0.717) is 10.6 Å². The van der Waals surface area contributed by atoms with Crippen LogP contribution in [-0.2, 0) is 0 Å². The predicted molar refractivity (Wildman–Crippen MR) is 70.6 cm³/mol. The number of nitrogens with one attached hydrogen (secondary N) is 2. The zero-order valence-corrected chi connectivity index (χ0v) is 10.2. The number of thiophene rings is 1. The van der Waals surface area contributed by atoms with Crippen LogP contribution in [0.15, 0.2) is 28.7 Å². The number of nitrogens with zero attached hydrogens (tertiary/aromatic N) is 3. The molecule has 3 rings (SSSR count). The average Bonchev–Trinajstić information content (AvgIpc) is 2.95. The Bertz CT molecular complexity index is 723. The molecule has 0 unspecified atom stereocenters. The van der Waals surface area contributed by atoms with Crippen molar-refractivity contribution >= 4 is 46.6 Å². The molecule has 0 radical (unpaired) electrons. The third kappa shape index (κ3) is 2.02. The molecule has 0 aliphatic heterocycles. The van der Waals surface area contributed by atoms with Crippen LogP contribution >= 0.6 is 23.6 Å². The second-order valence-electron chi connectivity index (χ2n) is 3.30. The van der Waals surface area contributed by atoms with Gasteiger partial charge in [0.15, 0.2) is 10.6 Å². The van der Waals surface area contributed by atoms with Gasteiger partial charge in [-0.3, -0.25) is 5.10 Å².